The SMILES string of the molecule is C=C(C)C(=O)O.C=C(C)C(=O)O.Oc1ccccc1.Oc1ccccc1.c1ccc2c(c1)Cc1ccccc1-2. The van der Waals surface area contributed by atoms with Gasteiger partial charge in [-0.1, -0.05) is 98.1 Å². The monoisotopic (exact) mass is 526 g/mol. The van der Waals surface area contributed by atoms with Crippen LogP contribution in [0.3, 0.4) is 0 Å². The topological polar surface area (TPSA) is 115 Å². The highest BCUT2D eigenvalue weighted by Crippen LogP contribution is 2.35. The summed E-state index contributed by atoms with van der Waals surface area (Å²) in [6.45, 7) is 9.20. The van der Waals surface area contributed by atoms with Gasteiger partial charge in [0.25, 0.3) is 0 Å². The first-order valence-corrected chi connectivity index (χ1v) is 11.9. The Morgan fingerprint density at radius 2 is 0.795 bits per heavy atom. The maximum atomic E-state index is 9.60. The van der Waals surface area contributed by atoms with Crippen LogP contribution in [0.15, 0.2) is 133 Å². The van der Waals surface area contributed by atoms with Crippen LogP contribution in [0.2, 0.25) is 0 Å². The predicted molar refractivity (Wildman–Crippen MR) is 156 cm³/mol. The summed E-state index contributed by atoms with van der Waals surface area (Å²) in [5, 5.41) is 33.0. The Hall–Kier alpha value is -5.10. The Kier molecular flexibility index (Phi) is 14.2. The number of para-hydroxylation sites is 2. The number of hydrogen-bond donors (Lipinski definition) is 4. The molecule has 1 aliphatic carbocycles. The third-order valence-electron chi connectivity index (χ3n) is 4.95. The molecule has 0 aliphatic heterocycles. The number of aliphatic carboxylic acids is 2. The molecule has 0 unspecified atom stereocenters. The van der Waals surface area contributed by atoms with Gasteiger partial charge in [0, 0.05) is 11.1 Å². The molecule has 0 saturated carbocycles. The molecule has 39 heavy (non-hydrogen) atoms. The normalized spacial score (nSPS) is 9.49. The van der Waals surface area contributed by atoms with Crippen LogP contribution in [0.1, 0.15) is 25.0 Å². The molecule has 0 bridgehead atoms. The van der Waals surface area contributed by atoms with E-state index in [1.165, 1.54) is 36.1 Å². The van der Waals surface area contributed by atoms with Crippen molar-refractivity contribution in [3.05, 3.63) is 145 Å². The minimum Gasteiger partial charge on any atom is -0.508 e. The second-order valence-corrected chi connectivity index (χ2v) is 8.33. The summed E-state index contributed by atoms with van der Waals surface area (Å²) in [6, 6.07) is 34.7. The van der Waals surface area contributed by atoms with Gasteiger partial charge < -0.3 is 20.4 Å². The smallest absolute Gasteiger partial charge is 0.330 e. The van der Waals surface area contributed by atoms with Crippen LogP contribution in [0.4, 0.5) is 0 Å². The van der Waals surface area contributed by atoms with E-state index < -0.39 is 11.9 Å². The second-order valence-electron chi connectivity index (χ2n) is 8.33. The van der Waals surface area contributed by atoms with Crippen molar-refractivity contribution in [3.8, 4) is 22.6 Å². The number of hydrogen-bond acceptors (Lipinski definition) is 4. The average molecular weight is 527 g/mol. The number of carbonyl (C=O) groups is 2. The highest BCUT2D eigenvalue weighted by molar-refractivity contribution is 5.85. The molecule has 0 heterocycles. The van der Waals surface area contributed by atoms with Crippen molar-refractivity contribution in [3.63, 3.8) is 0 Å². The summed E-state index contributed by atoms with van der Waals surface area (Å²) < 4.78 is 0. The molecule has 0 aromatic heterocycles. The molecule has 0 atom stereocenters. The lowest BCUT2D eigenvalue weighted by Crippen LogP contribution is -1.92. The standard InChI is InChI=1S/C13H10.2C6H6O.2C4H6O2/c1-3-7-12-10(5-1)9-11-6-2-4-8-13(11)12;2*7-6-4-2-1-3-5-6;2*1-3(2)4(5)6/h1-8H,9H2;2*1-5,7H;2*1H2,2H3,(H,5,6). The lowest BCUT2D eigenvalue weighted by atomic mass is 10.1. The molecule has 6 heteroatoms. The summed E-state index contributed by atoms with van der Waals surface area (Å²) in [5.41, 5.74) is 6.11. The Balaban J connectivity index is 0.000000257. The molecule has 0 radical (unpaired) electrons. The number of aromatic hydroxyl groups is 2. The van der Waals surface area contributed by atoms with Crippen LogP contribution in [0.5, 0.6) is 11.5 Å². The minimum atomic E-state index is -0.935. The Morgan fingerprint density at radius 1 is 0.538 bits per heavy atom. The quantitative estimate of drug-likeness (QED) is 0.179. The van der Waals surface area contributed by atoms with E-state index in [9.17, 15) is 9.59 Å². The molecule has 4 aromatic rings. The predicted octanol–water partition coefficient (Wildman–Crippen LogP) is 7.34. The third-order valence-corrected chi connectivity index (χ3v) is 4.95. The number of phenolic OH excluding ortho intramolecular Hbond substituents is 2. The fraction of sp³-hybridized carbons (Fsp3) is 0.0909. The third kappa shape index (κ3) is 13.1. The van der Waals surface area contributed by atoms with Crippen LogP contribution < -0.4 is 0 Å². The van der Waals surface area contributed by atoms with E-state index >= 15 is 0 Å². The van der Waals surface area contributed by atoms with E-state index in [1.807, 2.05) is 12.1 Å². The zero-order chi connectivity index (χ0) is 29.2. The molecule has 0 spiro atoms. The van der Waals surface area contributed by atoms with Crippen LogP contribution in [-0.4, -0.2) is 32.4 Å². The molecule has 0 fully saturated rings. The highest BCUT2D eigenvalue weighted by atomic mass is 16.4. The fourth-order valence-electron chi connectivity index (χ4n) is 2.94. The zero-order valence-electron chi connectivity index (χ0n) is 22.1. The van der Waals surface area contributed by atoms with Crippen molar-refractivity contribution in [2.75, 3.05) is 0 Å². The molecular weight excluding hydrogens is 492 g/mol. The molecule has 0 saturated heterocycles. The average Bonchev–Trinajstić information content (AvgIpc) is 3.30. The van der Waals surface area contributed by atoms with Gasteiger partial charge in [-0.25, -0.2) is 9.59 Å². The van der Waals surface area contributed by atoms with Gasteiger partial charge in [0.2, 0.25) is 0 Å². The van der Waals surface area contributed by atoms with Crippen molar-refractivity contribution in [2.24, 2.45) is 0 Å². The Labute approximate surface area is 229 Å². The van der Waals surface area contributed by atoms with Crippen LogP contribution in [0.25, 0.3) is 11.1 Å². The molecule has 0 amide bonds. The van der Waals surface area contributed by atoms with Crippen molar-refractivity contribution >= 4 is 11.9 Å². The van der Waals surface area contributed by atoms with Gasteiger partial charge in [0.15, 0.2) is 0 Å². The van der Waals surface area contributed by atoms with E-state index in [-0.39, 0.29) is 11.1 Å². The summed E-state index contributed by atoms with van der Waals surface area (Å²) in [6.07, 6.45) is 1.10. The van der Waals surface area contributed by atoms with Crippen LogP contribution in [-0.2, 0) is 16.0 Å². The number of fused-ring (bicyclic) bond motifs is 3. The summed E-state index contributed by atoms with van der Waals surface area (Å²) >= 11 is 0. The summed E-state index contributed by atoms with van der Waals surface area (Å²) in [7, 11) is 0. The molecule has 5 rings (SSSR count). The number of benzene rings is 4. The van der Waals surface area contributed by atoms with Gasteiger partial charge in [-0.3, -0.25) is 0 Å². The first kappa shape index (κ1) is 31.9. The number of phenols is 2. The zero-order valence-corrected chi connectivity index (χ0v) is 22.1. The van der Waals surface area contributed by atoms with Gasteiger partial charge in [-0.05, 0) is 66.8 Å². The Morgan fingerprint density at radius 3 is 1.03 bits per heavy atom. The van der Waals surface area contributed by atoms with Crippen LogP contribution in [0, 0.1) is 0 Å². The second kappa shape index (κ2) is 17.4. The molecule has 4 aromatic carbocycles. The van der Waals surface area contributed by atoms with E-state index in [0.717, 1.165) is 6.42 Å². The number of rotatable bonds is 2. The summed E-state index contributed by atoms with van der Waals surface area (Å²) in [4.78, 5) is 19.2. The lowest BCUT2D eigenvalue weighted by Gasteiger charge is -1.98. The largest absolute Gasteiger partial charge is 0.508 e. The number of carboxylic acid groups (broad SMARTS) is 2. The maximum Gasteiger partial charge on any atom is 0.330 e. The molecule has 1 aliphatic rings. The van der Waals surface area contributed by atoms with Gasteiger partial charge >= 0.3 is 11.9 Å². The van der Waals surface area contributed by atoms with Crippen molar-refractivity contribution in [2.45, 2.75) is 20.3 Å². The van der Waals surface area contributed by atoms with Gasteiger partial charge in [0.05, 0.1) is 0 Å². The molecule has 6 nitrogen and oxygen atoms in total. The van der Waals surface area contributed by atoms with Gasteiger partial charge in [-0.15, -0.1) is 0 Å². The van der Waals surface area contributed by atoms with E-state index in [4.69, 9.17) is 20.4 Å². The fourth-order valence-corrected chi connectivity index (χ4v) is 2.94. The van der Waals surface area contributed by atoms with Crippen molar-refractivity contribution < 1.29 is 30.0 Å². The first-order valence-electron chi connectivity index (χ1n) is 11.9. The van der Waals surface area contributed by atoms with Gasteiger partial charge in [0.1, 0.15) is 11.5 Å². The maximum absolute atomic E-state index is 9.60. The molecular formula is C33H34O6. The Bertz CT molecular complexity index is 1220. The van der Waals surface area contributed by atoms with E-state index in [1.54, 1.807) is 48.5 Å². The van der Waals surface area contributed by atoms with Gasteiger partial charge in [-0.2, -0.15) is 0 Å². The first-order chi connectivity index (χ1) is 18.5. The van der Waals surface area contributed by atoms with Crippen molar-refractivity contribution in [1.82, 2.24) is 0 Å². The highest BCUT2D eigenvalue weighted by Gasteiger charge is 2.15. The summed E-state index contributed by atoms with van der Waals surface area (Å²) in [5.74, 6) is -1.23. The lowest BCUT2D eigenvalue weighted by molar-refractivity contribution is -0.133. The van der Waals surface area contributed by atoms with E-state index in [0.29, 0.717) is 11.5 Å². The van der Waals surface area contributed by atoms with E-state index in [2.05, 4.69) is 61.7 Å². The minimum absolute atomic E-state index is 0.176. The molecule has 202 valence electrons. The van der Waals surface area contributed by atoms with Crippen molar-refractivity contribution in [1.29, 1.82) is 0 Å². The molecule has 4 N–H and O–H groups in total. The van der Waals surface area contributed by atoms with Crippen LogP contribution >= 0.6 is 0 Å². The number of carboxylic acids is 2.